The zero-order chi connectivity index (χ0) is 14.1. The van der Waals surface area contributed by atoms with Crippen LogP contribution in [0.3, 0.4) is 0 Å². The van der Waals surface area contributed by atoms with Crippen LogP contribution >= 0.6 is 28.3 Å². The largest absolute Gasteiger partial charge is 0.336 e. The Morgan fingerprint density at radius 1 is 1.24 bits per heavy atom. The van der Waals surface area contributed by atoms with E-state index in [0.717, 1.165) is 40.4 Å². The van der Waals surface area contributed by atoms with Crippen molar-refractivity contribution in [3.05, 3.63) is 46.4 Å². The molecule has 5 heteroatoms. The average Bonchev–Trinajstić information content (AvgIpc) is 2.46. The van der Waals surface area contributed by atoms with Gasteiger partial charge in [0.15, 0.2) is 0 Å². The maximum absolute atomic E-state index is 12.5. The molecule has 3 nitrogen and oxygen atoms in total. The van der Waals surface area contributed by atoms with Gasteiger partial charge in [0.1, 0.15) is 0 Å². The van der Waals surface area contributed by atoms with Gasteiger partial charge in [0.25, 0.3) is 5.91 Å². The number of hydrogen-bond acceptors (Lipinski definition) is 2. The molecule has 2 aromatic rings. The van der Waals surface area contributed by atoms with Crippen LogP contribution in [-0.4, -0.2) is 36.5 Å². The third-order valence-corrected chi connectivity index (χ3v) is 4.20. The van der Waals surface area contributed by atoms with Crippen molar-refractivity contribution in [3.8, 4) is 0 Å². The molecule has 0 radical (unpaired) electrons. The zero-order valence-corrected chi connectivity index (χ0v) is 14.2. The smallest absolute Gasteiger partial charge is 0.253 e. The number of carbonyl (C=O) groups excluding carboxylic acids is 1. The predicted molar refractivity (Wildman–Crippen MR) is 92.3 cm³/mol. The quantitative estimate of drug-likeness (QED) is 0.835. The molecule has 2 aromatic carbocycles. The maximum atomic E-state index is 12.5. The van der Waals surface area contributed by atoms with E-state index in [1.54, 1.807) is 0 Å². The Labute approximate surface area is 139 Å². The molecule has 0 saturated carbocycles. The van der Waals surface area contributed by atoms with Crippen LogP contribution in [0.4, 0.5) is 0 Å². The van der Waals surface area contributed by atoms with Gasteiger partial charge in [-0.1, -0.05) is 28.1 Å². The third kappa shape index (κ3) is 3.57. The van der Waals surface area contributed by atoms with Gasteiger partial charge in [-0.05, 0) is 42.0 Å². The molecular formula is C16H18BrClN2O. The Bertz CT molecular complexity index is 662. The second kappa shape index (κ2) is 6.77. The summed E-state index contributed by atoms with van der Waals surface area (Å²) < 4.78 is 1.06. The Morgan fingerprint density at radius 2 is 1.95 bits per heavy atom. The molecule has 112 valence electrons. The molecule has 0 bridgehead atoms. The van der Waals surface area contributed by atoms with Gasteiger partial charge < -0.3 is 10.2 Å². The number of hydrogen-bond donors (Lipinski definition) is 1. The highest BCUT2D eigenvalue weighted by atomic mass is 79.9. The Balaban J connectivity index is 0.00000161. The Kier molecular flexibility index (Phi) is 5.25. The van der Waals surface area contributed by atoms with Crippen LogP contribution in [0, 0.1) is 0 Å². The molecule has 0 spiro atoms. The maximum Gasteiger partial charge on any atom is 0.253 e. The molecule has 1 amide bonds. The van der Waals surface area contributed by atoms with Gasteiger partial charge in [-0.15, -0.1) is 12.4 Å². The number of amides is 1. The third-order valence-electron chi connectivity index (χ3n) is 3.71. The lowest BCUT2D eigenvalue weighted by atomic mass is 10.1. The molecule has 1 fully saturated rings. The van der Waals surface area contributed by atoms with E-state index in [9.17, 15) is 4.79 Å². The van der Waals surface area contributed by atoms with E-state index in [1.807, 2.05) is 35.2 Å². The van der Waals surface area contributed by atoms with Crippen molar-refractivity contribution in [2.75, 3.05) is 19.6 Å². The van der Waals surface area contributed by atoms with Gasteiger partial charge in [-0.2, -0.15) is 0 Å². The summed E-state index contributed by atoms with van der Waals surface area (Å²) in [5, 5.41) is 5.60. The van der Waals surface area contributed by atoms with Crippen LogP contribution in [0.25, 0.3) is 10.8 Å². The lowest BCUT2D eigenvalue weighted by Gasteiger charge is -2.32. The number of nitrogens with one attached hydrogen (secondary N) is 1. The van der Waals surface area contributed by atoms with Crippen molar-refractivity contribution < 1.29 is 4.79 Å². The fourth-order valence-corrected chi connectivity index (χ4v) is 3.03. The molecule has 1 heterocycles. The SMILES string of the molecule is CC1CN(C(=O)c2ccc3cc(Br)ccc3c2)CCN1.Cl. The highest BCUT2D eigenvalue weighted by molar-refractivity contribution is 9.10. The fraction of sp³-hybridized carbons (Fsp3) is 0.312. The Hall–Kier alpha value is -1.10. The van der Waals surface area contributed by atoms with Crippen LogP contribution in [0.2, 0.25) is 0 Å². The molecular weight excluding hydrogens is 352 g/mol. The monoisotopic (exact) mass is 368 g/mol. The standard InChI is InChI=1S/C16H17BrN2O.ClH/c1-11-10-19(7-6-18-11)16(20)14-3-2-13-9-15(17)5-4-12(13)8-14;/h2-5,8-9,11,18H,6-7,10H2,1H3;1H. The first-order valence-corrected chi connectivity index (χ1v) is 7.65. The molecule has 21 heavy (non-hydrogen) atoms. The van der Waals surface area contributed by atoms with Crippen molar-refractivity contribution in [3.63, 3.8) is 0 Å². The number of fused-ring (bicyclic) bond motifs is 1. The van der Waals surface area contributed by atoms with Gasteiger partial charge in [-0.3, -0.25) is 4.79 Å². The number of halogens is 2. The van der Waals surface area contributed by atoms with Crippen molar-refractivity contribution in [2.45, 2.75) is 13.0 Å². The van der Waals surface area contributed by atoms with Crippen molar-refractivity contribution in [1.82, 2.24) is 10.2 Å². The summed E-state index contributed by atoms with van der Waals surface area (Å²) >= 11 is 3.47. The first-order valence-electron chi connectivity index (χ1n) is 6.85. The highest BCUT2D eigenvalue weighted by Gasteiger charge is 2.21. The van der Waals surface area contributed by atoms with E-state index in [-0.39, 0.29) is 18.3 Å². The number of piperazine rings is 1. The van der Waals surface area contributed by atoms with Crippen LogP contribution < -0.4 is 5.32 Å². The average molecular weight is 370 g/mol. The zero-order valence-electron chi connectivity index (χ0n) is 11.8. The number of rotatable bonds is 1. The van der Waals surface area contributed by atoms with Gasteiger partial charge in [-0.25, -0.2) is 0 Å². The summed E-state index contributed by atoms with van der Waals surface area (Å²) in [5.41, 5.74) is 0.772. The lowest BCUT2D eigenvalue weighted by Crippen LogP contribution is -2.51. The number of carbonyl (C=O) groups is 1. The van der Waals surface area contributed by atoms with E-state index < -0.39 is 0 Å². The van der Waals surface area contributed by atoms with Crippen molar-refractivity contribution in [1.29, 1.82) is 0 Å². The fourth-order valence-electron chi connectivity index (χ4n) is 2.65. The minimum atomic E-state index is 0. The number of benzene rings is 2. The van der Waals surface area contributed by atoms with Gasteiger partial charge >= 0.3 is 0 Å². The normalized spacial score (nSPS) is 18.4. The van der Waals surface area contributed by atoms with Crippen LogP contribution in [0.1, 0.15) is 17.3 Å². The minimum absolute atomic E-state index is 0. The van der Waals surface area contributed by atoms with E-state index in [4.69, 9.17) is 0 Å². The van der Waals surface area contributed by atoms with Gasteiger partial charge in [0.2, 0.25) is 0 Å². The first-order chi connectivity index (χ1) is 9.63. The van der Waals surface area contributed by atoms with E-state index in [2.05, 4.69) is 34.2 Å². The van der Waals surface area contributed by atoms with Crippen LogP contribution in [0.15, 0.2) is 40.9 Å². The molecule has 1 N–H and O–H groups in total. The van der Waals surface area contributed by atoms with E-state index in [1.165, 1.54) is 0 Å². The van der Waals surface area contributed by atoms with Crippen LogP contribution in [-0.2, 0) is 0 Å². The summed E-state index contributed by atoms with van der Waals surface area (Å²) in [6.45, 7) is 4.53. The molecule has 0 aromatic heterocycles. The molecule has 1 atom stereocenters. The first kappa shape index (κ1) is 16.3. The van der Waals surface area contributed by atoms with Gasteiger partial charge in [0, 0.05) is 35.7 Å². The molecule has 3 rings (SSSR count). The molecule has 1 aliphatic rings. The summed E-state index contributed by atoms with van der Waals surface area (Å²) in [6.07, 6.45) is 0. The molecule has 1 aliphatic heterocycles. The molecule has 1 unspecified atom stereocenters. The lowest BCUT2D eigenvalue weighted by molar-refractivity contribution is 0.0709. The Morgan fingerprint density at radius 3 is 2.71 bits per heavy atom. The van der Waals surface area contributed by atoms with Crippen molar-refractivity contribution in [2.24, 2.45) is 0 Å². The summed E-state index contributed by atoms with van der Waals surface area (Å²) in [4.78, 5) is 14.5. The molecule has 1 saturated heterocycles. The van der Waals surface area contributed by atoms with E-state index in [0.29, 0.717) is 6.04 Å². The summed E-state index contributed by atoms with van der Waals surface area (Å²) in [7, 11) is 0. The topological polar surface area (TPSA) is 32.3 Å². The van der Waals surface area contributed by atoms with Crippen LogP contribution in [0.5, 0.6) is 0 Å². The predicted octanol–water partition coefficient (Wildman–Crippen LogP) is 3.46. The van der Waals surface area contributed by atoms with E-state index >= 15 is 0 Å². The van der Waals surface area contributed by atoms with Crippen molar-refractivity contribution >= 4 is 45.0 Å². The van der Waals surface area contributed by atoms with Gasteiger partial charge in [0.05, 0.1) is 0 Å². The highest BCUT2D eigenvalue weighted by Crippen LogP contribution is 2.21. The summed E-state index contributed by atoms with van der Waals surface area (Å²) in [6, 6.07) is 12.4. The number of nitrogens with zero attached hydrogens (tertiary/aromatic N) is 1. The summed E-state index contributed by atoms with van der Waals surface area (Å²) in [5.74, 6) is 0.128. The second-order valence-corrected chi connectivity index (χ2v) is 6.23. The molecule has 0 aliphatic carbocycles. The minimum Gasteiger partial charge on any atom is -0.336 e. The second-order valence-electron chi connectivity index (χ2n) is 5.31.